The highest BCUT2D eigenvalue weighted by Gasteiger charge is 2.38. The zero-order chi connectivity index (χ0) is 21.6. The van der Waals surface area contributed by atoms with Gasteiger partial charge in [-0.3, -0.25) is 4.79 Å². The second kappa shape index (κ2) is 10.0. The van der Waals surface area contributed by atoms with Gasteiger partial charge < -0.3 is 26.2 Å². The van der Waals surface area contributed by atoms with Crippen LogP contribution in [-0.4, -0.2) is 48.4 Å². The minimum absolute atomic E-state index is 0.0516. The summed E-state index contributed by atoms with van der Waals surface area (Å²) in [6, 6.07) is 5.59. The minimum Gasteiger partial charge on any atom is -0.477 e. The standard InChI is InChI=1S/C16H22ClN3O2.C2HF3O2/c17-11-3-6-14-13(7-11)19-9-15(22-14)16(21)20-12-4-1-10(8-18)2-5-12;3-2(4,5)1(6)7/h3,6-7,10,12,15,19H,1-2,4-5,8-9,18H2,(H,20,21);(H,6,7). The minimum atomic E-state index is -5.08. The van der Waals surface area contributed by atoms with Crippen LogP contribution in [0.5, 0.6) is 5.75 Å². The van der Waals surface area contributed by atoms with E-state index in [0.717, 1.165) is 37.9 Å². The Morgan fingerprint density at radius 1 is 1.28 bits per heavy atom. The fourth-order valence-electron chi connectivity index (χ4n) is 3.12. The number of ether oxygens (including phenoxy) is 1. The molecule has 1 unspecified atom stereocenters. The maximum absolute atomic E-state index is 12.4. The Labute approximate surface area is 170 Å². The lowest BCUT2D eigenvalue weighted by Gasteiger charge is -2.31. The number of anilines is 1. The fraction of sp³-hybridized carbons (Fsp3) is 0.556. The number of halogens is 4. The van der Waals surface area contributed by atoms with E-state index in [1.807, 2.05) is 0 Å². The zero-order valence-electron chi connectivity index (χ0n) is 15.5. The Bertz CT molecular complexity index is 725. The molecule has 3 rings (SSSR count). The van der Waals surface area contributed by atoms with Gasteiger partial charge in [-0.25, -0.2) is 4.79 Å². The average Bonchev–Trinajstić information content (AvgIpc) is 2.67. The lowest BCUT2D eigenvalue weighted by molar-refractivity contribution is -0.192. The van der Waals surface area contributed by atoms with Crippen LogP contribution in [0, 0.1) is 5.92 Å². The first-order chi connectivity index (χ1) is 13.6. The number of carboxylic acids is 1. The van der Waals surface area contributed by atoms with Crippen molar-refractivity contribution >= 4 is 29.2 Å². The quantitative estimate of drug-likeness (QED) is 0.578. The number of rotatable bonds is 3. The van der Waals surface area contributed by atoms with Crippen LogP contribution in [-0.2, 0) is 9.59 Å². The molecule has 11 heteroatoms. The van der Waals surface area contributed by atoms with Crippen molar-refractivity contribution in [2.24, 2.45) is 11.7 Å². The summed E-state index contributed by atoms with van der Waals surface area (Å²) in [6.45, 7) is 1.20. The molecule has 5 N–H and O–H groups in total. The number of nitrogens with two attached hydrogens (primary N) is 1. The van der Waals surface area contributed by atoms with Crippen molar-refractivity contribution < 1.29 is 32.6 Å². The van der Waals surface area contributed by atoms with Gasteiger partial charge in [0.15, 0.2) is 6.10 Å². The number of fused-ring (bicyclic) bond motifs is 1. The summed E-state index contributed by atoms with van der Waals surface area (Å²) in [5, 5.41) is 14.1. The van der Waals surface area contributed by atoms with Crippen LogP contribution in [0.25, 0.3) is 0 Å². The zero-order valence-corrected chi connectivity index (χ0v) is 16.2. The van der Waals surface area contributed by atoms with E-state index in [1.54, 1.807) is 18.2 Å². The summed E-state index contributed by atoms with van der Waals surface area (Å²) in [4.78, 5) is 21.3. The monoisotopic (exact) mass is 437 g/mol. The van der Waals surface area contributed by atoms with Crippen molar-refractivity contribution in [2.45, 2.75) is 44.0 Å². The van der Waals surface area contributed by atoms with Crippen molar-refractivity contribution in [3.63, 3.8) is 0 Å². The molecule has 2 aliphatic rings. The highest BCUT2D eigenvalue weighted by atomic mass is 35.5. The predicted octanol–water partition coefficient (Wildman–Crippen LogP) is 2.78. The number of alkyl halides is 3. The van der Waals surface area contributed by atoms with Gasteiger partial charge in [0.05, 0.1) is 12.2 Å². The first-order valence-corrected chi connectivity index (χ1v) is 9.48. The fourth-order valence-corrected chi connectivity index (χ4v) is 3.30. The third kappa shape index (κ3) is 6.97. The van der Waals surface area contributed by atoms with Crippen LogP contribution in [0.3, 0.4) is 0 Å². The van der Waals surface area contributed by atoms with E-state index < -0.39 is 18.2 Å². The third-order valence-electron chi connectivity index (χ3n) is 4.75. The molecule has 0 spiro atoms. The lowest BCUT2D eigenvalue weighted by Crippen LogP contribution is -2.49. The summed E-state index contributed by atoms with van der Waals surface area (Å²) in [5.41, 5.74) is 6.53. The second-order valence-corrected chi connectivity index (χ2v) is 7.33. The molecule has 1 aliphatic heterocycles. The van der Waals surface area contributed by atoms with Gasteiger partial charge in [0.2, 0.25) is 0 Å². The number of carbonyl (C=O) groups is 2. The van der Waals surface area contributed by atoms with E-state index in [2.05, 4.69) is 10.6 Å². The molecule has 1 atom stereocenters. The summed E-state index contributed by atoms with van der Waals surface area (Å²) < 4.78 is 37.5. The lowest BCUT2D eigenvalue weighted by atomic mass is 9.86. The van der Waals surface area contributed by atoms with E-state index in [1.165, 1.54) is 0 Å². The molecule has 1 amide bonds. The van der Waals surface area contributed by atoms with Crippen molar-refractivity contribution in [3.8, 4) is 5.75 Å². The van der Waals surface area contributed by atoms with Gasteiger partial charge in [0, 0.05) is 11.1 Å². The molecule has 0 aromatic heterocycles. The van der Waals surface area contributed by atoms with Gasteiger partial charge in [-0.15, -0.1) is 0 Å². The molecule has 1 aromatic rings. The molecule has 0 radical (unpaired) electrons. The first-order valence-electron chi connectivity index (χ1n) is 9.10. The number of hydrogen-bond acceptors (Lipinski definition) is 5. The van der Waals surface area contributed by atoms with E-state index in [4.69, 9.17) is 32.0 Å². The Morgan fingerprint density at radius 3 is 2.45 bits per heavy atom. The average molecular weight is 438 g/mol. The maximum Gasteiger partial charge on any atom is 0.490 e. The van der Waals surface area contributed by atoms with Gasteiger partial charge >= 0.3 is 12.1 Å². The molecule has 1 aliphatic carbocycles. The highest BCUT2D eigenvalue weighted by molar-refractivity contribution is 6.30. The van der Waals surface area contributed by atoms with Gasteiger partial charge in [-0.05, 0) is 56.3 Å². The molecule has 1 saturated carbocycles. The predicted molar refractivity (Wildman–Crippen MR) is 101 cm³/mol. The molecule has 29 heavy (non-hydrogen) atoms. The van der Waals surface area contributed by atoms with Crippen LogP contribution < -0.4 is 21.1 Å². The Balaban J connectivity index is 0.000000370. The summed E-state index contributed by atoms with van der Waals surface area (Å²) >= 11 is 5.94. The van der Waals surface area contributed by atoms with Gasteiger partial charge in [-0.2, -0.15) is 13.2 Å². The maximum atomic E-state index is 12.4. The molecule has 1 fully saturated rings. The van der Waals surface area contributed by atoms with E-state index in [-0.39, 0.29) is 11.9 Å². The molecular formula is C18H23ClF3N3O4. The van der Waals surface area contributed by atoms with Crippen molar-refractivity contribution in [1.29, 1.82) is 0 Å². The number of benzene rings is 1. The van der Waals surface area contributed by atoms with Crippen molar-refractivity contribution in [2.75, 3.05) is 18.4 Å². The Morgan fingerprint density at radius 2 is 1.90 bits per heavy atom. The summed E-state index contributed by atoms with van der Waals surface area (Å²) in [6.07, 6.45) is -1.40. The van der Waals surface area contributed by atoms with E-state index in [9.17, 15) is 18.0 Å². The second-order valence-electron chi connectivity index (χ2n) is 6.89. The van der Waals surface area contributed by atoms with E-state index in [0.29, 0.717) is 23.2 Å². The Hall–Kier alpha value is -2.20. The Kier molecular flexibility index (Phi) is 7.97. The SMILES string of the molecule is NCC1CCC(NC(=O)C2CNc3cc(Cl)ccc3O2)CC1.O=C(O)C(F)(F)F. The topological polar surface area (TPSA) is 114 Å². The summed E-state index contributed by atoms with van der Waals surface area (Å²) in [7, 11) is 0. The smallest absolute Gasteiger partial charge is 0.477 e. The third-order valence-corrected chi connectivity index (χ3v) is 4.99. The van der Waals surface area contributed by atoms with Crippen LogP contribution in [0.4, 0.5) is 18.9 Å². The molecule has 162 valence electrons. The van der Waals surface area contributed by atoms with Crippen molar-refractivity contribution in [1.82, 2.24) is 5.32 Å². The molecule has 7 nitrogen and oxygen atoms in total. The van der Waals surface area contributed by atoms with Crippen LogP contribution in [0.2, 0.25) is 5.02 Å². The normalized spacial score (nSPS) is 23.4. The molecular weight excluding hydrogens is 415 g/mol. The first kappa shape index (κ1) is 23.1. The van der Waals surface area contributed by atoms with E-state index >= 15 is 0 Å². The molecule has 1 heterocycles. The van der Waals surface area contributed by atoms with Gasteiger partial charge in [0.25, 0.3) is 5.91 Å². The van der Waals surface area contributed by atoms with Gasteiger partial charge in [0.1, 0.15) is 5.75 Å². The van der Waals surface area contributed by atoms with Gasteiger partial charge in [-0.1, -0.05) is 11.6 Å². The number of nitrogens with one attached hydrogen (secondary N) is 2. The molecule has 1 aromatic carbocycles. The van der Waals surface area contributed by atoms with Crippen molar-refractivity contribution in [3.05, 3.63) is 23.2 Å². The molecule has 0 saturated heterocycles. The van der Waals surface area contributed by atoms with Crippen LogP contribution >= 0.6 is 11.6 Å². The van der Waals surface area contributed by atoms with Crippen LogP contribution in [0.15, 0.2) is 18.2 Å². The highest BCUT2D eigenvalue weighted by Crippen LogP contribution is 2.31. The number of aliphatic carboxylic acids is 1. The number of carboxylic acid groups (broad SMARTS) is 1. The number of carbonyl (C=O) groups excluding carboxylic acids is 1. The van der Waals surface area contributed by atoms with Crippen LogP contribution in [0.1, 0.15) is 25.7 Å². The summed E-state index contributed by atoms with van der Waals surface area (Å²) in [5.74, 6) is -1.53. The molecule has 0 bridgehead atoms. The largest absolute Gasteiger partial charge is 0.490 e. The number of hydrogen-bond donors (Lipinski definition) is 4. The number of amides is 1.